The molecule has 0 saturated carbocycles. The zero-order valence-electron chi connectivity index (χ0n) is 10.1. The lowest BCUT2D eigenvalue weighted by atomic mass is 10.3. The van der Waals surface area contributed by atoms with Gasteiger partial charge >= 0.3 is 0 Å². The zero-order chi connectivity index (χ0) is 12.1. The lowest BCUT2D eigenvalue weighted by Crippen LogP contribution is -2.27. The Morgan fingerprint density at radius 1 is 1.56 bits per heavy atom. The second kappa shape index (κ2) is 5.91. The van der Waals surface area contributed by atoms with Crippen molar-refractivity contribution in [1.29, 1.82) is 0 Å². The van der Waals surface area contributed by atoms with Crippen molar-refractivity contribution >= 4 is 23.4 Å². The molecule has 5 nitrogen and oxygen atoms in total. The summed E-state index contributed by atoms with van der Waals surface area (Å²) in [5.74, 6) is 1.59. The summed E-state index contributed by atoms with van der Waals surface area (Å²) < 4.78 is 0. The van der Waals surface area contributed by atoms with E-state index >= 15 is 0 Å². The third-order valence-electron chi connectivity index (χ3n) is 2.06. The first-order chi connectivity index (χ1) is 7.56. The van der Waals surface area contributed by atoms with Gasteiger partial charge in [0.1, 0.15) is 11.6 Å². The average molecular weight is 242 g/mol. The van der Waals surface area contributed by atoms with E-state index in [1.54, 1.807) is 6.92 Å². The maximum Gasteiger partial charge on any atom is 0.191 e. The van der Waals surface area contributed by atoms with Crippen LogP contribution in [-0.2, 0) is 0 Å². The van der Waals surface area contributed by atoms with Crippen LogP contribution < -0.4 is 10.2 Å². The molecule has 6 heteroatoms. The Labute approximate surface area is 100 Å². The van der Waals surface area contributed by atoms with E-state index in [9.17, 15) is 5.11 Å². The van der Waals surface area contributed by atoms with Crippen molar-refractivity contribution < 1.29 is 5.11 Å². The lowest BCUT2D eigenvalue weighted by molar-refractivity contribution is 0.201. The zero-order valence-corrected chi connectivity index (χ0v) is 10.9. The summed E-state index contributed by atoms with van der Waals surface area (Å²) in [6, 6.07) is 1.86. The normalized spacial score (nSPS) is 12.3. The number of aromatic nitrogens is 2. The van der Waals surface area contributed by atoms with E-state index in [0.29, 0.717) is 6.54 Å². The molecule has 16 heavy (non-hydrogen) atoms. The third kappa shape index (κ3) is 3.53. The standard InChI is InChI=1S/C10H18N4OS/c1-7(15)6-14(3)9-5-8(11-2)12-10(13-9)16-4/h5,7,15H,6H2,1-4H3,(H,11,12,13). The quantitative estimate of drug-likeness (QED) is 0.594. The molecule has 1 unspecified atom stereocenters. The van der Waals surface area contributed by atoms with Gasteiger partial charge in [-0.2, -0.15) is 0 Å². The second-order valence-electron chi connectivity index (χ2n) is 3.58. The largest absolute Gasteiger partial charge is 0.392 e. The van der Waals surface area contributed by atoms with E-state index in [1.807, 2.05) is 31.3 Å². The SMILES string of the molecule is CNc1cc(N(C)CC(C)O)nc(SC)n1. The van der Waals surface area contributed by atoms with Gasteiger partial charge in [0.25, 0.3) is 0 Å². The molecule has 0 radical (unpaired) electrons. The number of rotatable bonds is 5. The summed E-state index contributed by atoms with van der Waals surface area (Å²) in [5.41, 5.74) is 0. The molecular weight excluding hydrogens is 224 g/mol. The van der Waals surface area contributed by atoms with Crippen molar-refractivity contribution in [2.75, 3.05) is 37.1 Å². The van der Waals surface area contributed by atoms with Gasteiger partial charge in [0, 0.05) is 26.7 Å². The van der Waals surface area contributed by atoms with Crippen LogP contribution in [0.25, 0.3) is 0 Å². The van der Waals surface area contributed by atoms with Crippen molar-refractivity contribution in [1.82, 2.24) is 9.97 Å². The number of hydrogen-bond donors (Lipinski definition) is 2. The highest BCUT2D eigenvalue weighted by atomic mass is 32.2. The molecule has 2 N–H and O–H groups in total. The number of likely N-dealkylation sites (N-methyl/N-ethyl adjacent to an activating group) is 1. The van der Waals surface area contributed by atoms with Crippen molar-refractivity contribution in [2.45, 2.75) is 18.2 Å². The summed E-state index contributed by atoms with van der Waals surface area (Å²) in [6.45, 7) is 2.31. The minimum absolute atomic E-state index is 0.379. The van der Waals surface area contributed by atoms with E-state index in [2.05, 4.69) is 15.3 Å². The minimum atomic E-state index is -0.379. The summed E-state index contributed by atoms with van der Waals surface area (Å²) in [6.07, 6.45) is 1.56. The van der Waals surface area contributed by atoms with Crippen molar-refractivity contribution in [3.63, 3.8) is 0 Å². The average Bonchev–Trinajstić information content (AvgIpc) is 2.27. The summed E-state index contributed by atoms with van der Waals surface area (Å²) >= 11 is 1.50. The van der Waals surface area contributed by atoms with Crippen molar-refractivity contribution in [3.8, 4) is 0 Å². The molecule has 0 bridgehead atoms. The first kappa shape index (κ1) is 13.1. The van der Waals surface area contributed by atoms with Gasteiger partial charge in [-0.05, 0) is 13.2 Å². The van der Waals surface area contributed by atoms with E-state index in [1.165, 1.54) is 11.8 Å². The lowest BCUT2D eigenvalue weighted by Gasteiger charge is -2.20. The van der Waals surface area contributed by atoms with E-state index in [-0.39, 0.29) is 6.10 Å². The van der Waals surface area contributed by atoms with Crippen LogP contribution in [0.4, 0.5) is 11.6 Å². The molecule has 1 aromatic heterocycles. The molecular formula is C10H18N4OS. The number of anilines is 2. The minimum Gasteiger partial charge on any atom is -0.392 e. The Hall–Kier alpha value is -1.01. The molecule has 0 spiro atoms. The monoisotopic (exact) mass is 242 g/mol. The Kier molecular flexibility index (Phi) is 4.82. The van der Waals surface area contributed by atoms with Crippen LogP contribution in [0.15, 0.2) is 11.2 Å². The van der Waals surface area contributed by atoms with Crippen molar-refractivity contribution in [2.24, 2.45) is 0 Å². The number of nitrogens with one attached hydrogen (secondary N) is 1. The molecule has 0 aromatic carbocycles. The maximum atomic E-state index is 9.33. The number of aliphatic hydroxyl groups excluding tert-OH is 1. The van der Waals surface area contributed by atoms with Gasteiger partial charge in [-0.25, -0.2) is 9.97 Å². The first-order valence-corrected chi connectivity index (χ1v) is 6.29. The number of nitrogens with zero attached hydrogens (tertiary/aromatic N) is 3. The van der Waals surface area contributed by atoms with Crippen LogP contribution in [-0.4, -0.2) is 48.1 Å². The summed E-state index contributed by atoms with van der Waals surface area (Å²) in [4.78, 5) is 10.6. The van der Waals surface area contributed by atoms with Gasteiger partial charge in [0.05, 0.1) is 6.10 Å². The highest BCUT2D eigenvalue weighted by Crippen LogP contribution is 2.19. The molecule has 90 valence electrons. The molecule has 0 aliphatic heterocycles. The first-order valence-electron chi connectivity index (χ1n) is 5.06. The Bertz CT molecular complexity index is 323. The third-order valence-corrected chi connectivity index (χ3v) is 2.61. The summed E-state index contributed by atoms with van der Waals surface area (Å²) in [7, 11) is 3.73. The van der Waals surface area contributed by atoms with Gasteiger partial charge in [-0.1, -0.05) is 11.8 Å². The van der Waals surface area contributed by atoms with E-state index in [0.717, 1.165) is 16.8 Å². The summed E-state index contributed by atoms with van der Waals surface area (Å²) in [5, 5.41) is 13.0. The van der Waals surface area contributed by atoms with Crippen LogP contribution in [0.5, 0.6) is 0 Å². The van der Waals surface area contributed by atoms with Gasteiger partial charge in [0.15, 0.2) is 5.16 Å². The molecule has 0 aliphatic carbocycles. The van der Waals surface area contributed by atoms with Crippen LogP contribution >= 0.6 is 11.8 Å². The Balaban J connectivity index is 2.93. The molecule has 1 heterocycles. The van der Waals surface area contributed by atoms with Crippen LogP contribution in [0.2, 0.25) is 0 Å². The smallest absolute Gasteiger partial charge is 0.191 e. The molecule has 0 saturated heterocycles. The highest BCUT2D eigenvalue weighted by molar-refractivity contribution is 7.98. The molecule has 0 amide bonds. The fourth-order valence-corrected chi connectivity index (χ4v) is 1.69. The van der Waals surface area contributed by atoms with Crippen molar-refractivity contribution in [3.05, 3.63) is 6.07 Å². The number of aliphatic hydroxyl groups is 1. The Morgan fingerprint density at radius 3 is 2.75 bits per heavy atom. The molecule has 0 aliphatic rings. The van der Waals surface area contributed by atoms with Crippen LogP contribution in [0.3, 0.4) is 0 Å². The molecule has 1 atom stereocenters. The fraction of sp³-hybridized carbons (Fsp3) is 0.600. The predicted molar refractivity (Wildman–Crippen MR) is 68.3 cm³/mol. The molecule has 0 fully saturated rings. The van der Waals surface area contributed by atoms with Gasteiger partial charge in [-0.15, -0.1) is 0 Å². The topological polar surface area (TPSA) is 61.3 Å². The predicted octanol–water partition coefficient (Wildman–Crippen LogP) is 1.06. The Morgan fingerprint density at radius 2 is 2.25 bits per heavy atom. The highest BCUT2D eigenvalue weighted by Gasteiger charge is 2.09. The van der Waals surface area contributed by atoms with Crippen LogP contribution in [0.1, 0.15) is 6.92 Å². The van der Waals surface area contributed by atoms with Crippen LogP contribution in [0, 0.1) is 0 Å². The number of thioether (sulfide) groups is 1. The number of hydrogen-bond acceptors (Lipinski definition) is 6. The molecule has 1 aromatic rings. The molecule has 1 rings (SSSR count). The van der Waals surface area contributed by atoms with E-state index in [4.69, 9.17) is 0 Å². The fourth-order valence-electron chi connectivity index (χ4n) is 1.32. The maximum absolute atomic E-state index is 9.33. The second-order valence-corrected chi connectivity index (χ2v) is 4.35. The van der Waals surface area contributed by atoms with Gasteiger partial charge in [-0.3, -0.25) is 0 Å². The van der Waals surface area contributed by atoms with Gasteiger partial charge < -0.3 is 15.3 Å². The van der Waals surface area contributed by atoms with Gasteiger partial charge in [0.2, 0.25) is 0 Å². The van der Waals surface area contributed by atoms with E-state index < -0.39 is 0 Å².